The lowest BCUT2D eigenvalue weighted by molar-refractivity contribution is 0.112. The number of aldehydes is 1. The highest BCUT2D eigenvalue weighted by Gasteiger charge is 2.22. The molecule has 15 heavy (non-hydrogen) atoms. The first-order valence-corrected chi connectivity index (χ1v) is 5.04. The van der Waals surface area contributed by atoms with Gasteiger partial charge in [0.2, 0.25) is 0 Å². The van der Waals surface area contributed by atoms with Gasteiger partial charge in [0, 0.05) is 17.4 Å². The van der Waals surface area contributed by atoms with Gasteiger partial charge in [-0.3, -0.25) is 4.79 Å². The van der Waals surface area contributed by atoms with E-state index < -0.39 is 0 Å². The molecule has 3 rings (SSSR count). The number of carbonyl (C=O) groups is 1. The second kappa shape index (κ2) is 2.86. The summed E-state index contributed by atoms with van der Waals surface area (Å²) >= 11 is 0. The Labute approximate surface area is 87.1 Å². The van der Waals surface area contributed by atoms with Crippen LogP contribution in [0.4, 0.5) is 0 Å². The summed E-state index contributed by atoms with van der Waals surface area (Å²) in [6.07, 6.45) is 2.00. The van der Waals surface area contributed by atoms with Crippen molar-refractivity contribution in [1.82, 2.24) is 4.98 Å². The number of fused-ring (bicyclic) bond motifs is 3. The maximum absolute atomic E-state index is 10.7. The third-order valence-corrected chi connectivity index (χ3v) is 2.81. The first-order chi connectivity index (χ1) is 7.28. The zero-order chi connectivity index (χ0) is 10.4. The van der Waals surface area contributed by atoms with Crippen molar-refractivity contribution in [3.63, 3.8) is 0 Å². The molecule has 0 saturated carbocycles. The lowest BCUT2D eigenvalue weighted by Gasteiger charge is -2.03. The van der Waals surface area contributed by atoms with Crippen LogP contribution in [-0.4, -0.2) is 17.4 Å². The Kier molecular flexibility index (Phi) is 1.63. The highest BCUT2D eigenvalue weighted by molar-refractivity contribution is 5.92. The summed E-state index contributed by atoms with van der Waals surface area (Å²) in [6.45, 7) is 2.05. The van der Waals surface area contributed by atoms with Crippen molar-refractivity contribution in [3.8, 4) is 5.75 Å². The Morgan fingerprint density at radius 3 is 3.20 bits per heavy atom. The van der Waals surface area contributed by atoms with Crippen molar-refractivity contribution in [3.05, 3.63) is 29.5 Å². The molecule has 1 aliphatic heterocycles. The molecule has 2 aromatic rings. The number of carbonyl (C=O) groups excluding carboxylic acids is 1. The van der Waals surface area contributed by atoms with Crippen LogP contribution in [-0.2, 0) is 6.42 Å². The van der Waals surface area contributed by atoms with Crippen LogP contribution in [0.1, 0.15) is 23.0 Å². The van der Waals surface area contributed by atoms with E-state index in [1.165, 1.54) is 5.56 Å². The molecule has 1 N–H and O–H groups in total. The fourth-order valence-electron chi connectivity index (χ4n) is 2.15. The summed E-state index contributed by atoms with van der Waals surface area (Å²) in [4.78, 5) is 13.7. The zero-order valence-corrected chi connectivity index (χ0v) is 8.41. The third kappa shape index (κ3) is 1.16. The van der Waals surface area contributed by atoms with Gasteiger partial charge in [-0.1, -0.05) is 12.1 Å². The van der Waals surface area contributed by atoms with Gasteiger partial charge in [-0.15, -0.1) is 0 Å². The molecule has 0 spiro atoms. The predicted octanol–water partition coefficient (Wildman–Crippen LogP) is 2.30. The third-order valence-electron chi connectivity index (χ3n) is 2.81. The first-order valence-electron chi connectivity index (χ1n) is 5.04. The van der Waals surface area contributed by atoms with Crippen molar-refractivity contribution < 1.29 is 9.53 Å². The molecule has 2 heterocycles. The van der Waals surface area contributed by atoms with Crippen molar-refractivity contribution in [2.75, 3.05) is 0 Å². The summed E-state index contributed by atoms with van der Waals surface area (Å²) < 4.78 is 5.73. The molecular weight excluding hydrogens is 190 g/mol. The number of aromatic amines is 1. The molecular formula is C12H11NO2. The Hall–Kier alpha value is -1.77. The molecule has 1 aromatic heterocycles. The van der Waals surface area contributed by atoms with Gasteiger partial charge in [-0.05, 0) is 13.0 Å². The summed E-state index contributed by atoms with van der Waals surface area (Å²) in [5.74, 6) is 0.910. The molecule has 1 aliphatic rings. The first kappa shape index (κ1) is 8.53. The highest BCUT2D eigenvalue weighted by atomic mass is 16.5. The quantitative estimate of drug-likeness (QED) is 0.719. The maximum Gasteiger partial charge on any atom is 0.166 e. The fourth-order valence-corrected chi connectivity index (χ4v) is 2.15. The Balaban J connectivity index is 2.29. The molecule has 3 nitrogen and oxygen atoms in total. The molecule has 3 heteroatoms. The van der Waals surface area contributed by atoms with Crippen molar-refractivity contribution in [2.24, 2.45) is 0 Å². The molecule has 0 bridgehead atoms. The topological polar surface area (TPSA) is 42.1 Å². The number of hydrogen-bond donors (Lipinski definition) is 1. The predicted molar refractivity (Wildman–Crippen MR) is 57.5 cm³/mol. The minimum absolute atomic E-state index is 0.230. The lowest BCUT2D eigenvalue weighted by atomic mass is 10.1. The van der Waals surface area contributed by atoms with E-state index in [-0.39, 0.29) is 6.10 Å². The van der Waals surface area contributed by atoms with Crippen molar-refractivity contribution in [1.29, 1.82) is 0 Å². The number of ether oxygens (including phenoxy) is 1. The number of H-pyrrole nitrogens is 1. The van der Waals surface area contributed by atoms with Crippen molar-refractivity contribution in [2.45, 2.75) is 19.4 Å². The molecule has 1 unspecified atom stereocenters. The molecule has 0 fully saturated rings. The Morgan fingerprint density at radius 2 is 2.40 bits per heavy atom. The average molecular weight is 201 g/mol. The van der Waals surface area contributed by atoms with Gasteiger partial charge < -0.3 is 9.72 Å². The number of benzene rings is 1. The van der Waals surface area contributed by atoms with E-state index in [2.05, 4.69) is 18.0 Å². The molecule has 0 saturated heterocycles. The summed E-state index contributed by atoms with van der Waals surface area (Å²) in [5.41, 5.74) is 2.76. The van der Waals surface area contributed by atoms with Gasteiger partial charge in [0.15, 0.2) is 6.29 Å². The number of rotatable bonds is 1. The van der Waals surface area contributed by atoms with E-state index in [0.717, 1.165) is 29.4 Å². The van der Waals surface area contributed by atoms with Crippen LogP contribution in [0.25, 0.3) is 10.9 Å². The van der Waals surface area contributed by atoms with Crippen LogP contribution in [0.15, 0.2) is 18.2 Å². The number of hydrogen-bond acceptors (Lipinski definition) is 2. The largest absolute Gasteiger partial charge is 0.488 e. The molecule has 76 valence electrons. The molecule has 0 aliphatic carbocycles. The second-order valence-electron chi connectivity index (χ2n) is 3.99. The lowest BCUT2D eigenvalue weighted by Crippen LogP contribution is -2.05. The van der Waals surface area contributed by atoms with Crippen molar-refractivity contribution >= 4 is 17.2 Å². The van der Waals surface area contributed by atoms with E-state index in [1.54, 1.807) is 0 Å². The van der Waals surface area contributed by atoms with E-state index >= 15 is 0 Å². The minimum Gasteiger partial charge on any atom is -0.488 e. The Bertz CT molecular complexity index is 542. The SMILES string of the molecule is CC1Cc2ccc3cc(C=O)[nH]c3c2O1. The number of aromatic nitrogens is 1. The van der Waals surface area contributed by atoms with Gasteiger partial charge in [0.1, 0.15) is 11.9 Å². The average Bonchev–Trinajstić information content (AvgIpc) is 2.78. The van der Waals surface area contributed by atoms with Crippen LogP contribution in [0.2, 0.25) is 0 Å². The van der Waals surface area contributed by atoms with Crippen LogP contribution in [0.3, 0.4) is 0 Å². The van der Waals surface area contributed by atoms with Crippen LogP contribution >= 0.6 is 0 Å². The van der Waals surface area contributed by atoms with Gasteiger partial charge in [0.25, 0.3) is 0 Å². The molecule has 1 aromatic carbocycles. The van der Waals surface area contributed by atoms with Crippen LogP contribution in [0, 0.1) is 0 Å². The van der Waals surface area contributed by atoms with E-state index in [1.807, 2.05) is 12.1 Å². The van der Waals surface area contributed by atoms with Gasteiger partial charge in [0.05, 0.1) is 11.2 Å². The molecule has 0 radical (unpaired) electrons. The van der Waals surface area contributed by atoms with Gasteiger partial charge in [-0.25, -0.2) is 0 Å². The standard InChI is InChI=1S/C12H11NO2/c1-7-4-9-3-2-8-5-10(6-14)13-11(8)12(9)15-7/h2-3,5-7,13H,4H2,1H3. The van der Waals surface area contributed by atoms with E-state index in [4.69, 9.17) is 4.74 Å². The minimum atomic E-state index is 0.230. The Morgan fingerprint density at radius 1 is 1.53 bits per heavy atom. The van der Waals surface area contributed by atoms with E-state index in [0.29, 0.717) is 5.69 Å². The summed E-state index contributed by atoms with van der Waals surface area (Å²) in [5, 5.41) is 1.03. The smallest absolute Gasteiger partial charge is 0.166 e. The maximum atomic E-state index is 10.7. The van der Waals surface area contributed by atoms with Crippen LogP contribution in [0.5, 0.6) is 5.75 Å². The number of nitrogens with one attached hydrogen (secondary N) is 1. The normalized spacial score (nSPS) is 18.9. The van der Waals surface area contributed by atoms with Gasteiger partial charge in [-0.2, -0.15) is 0 Å². The second-order valence-corrected chi connectivity index (χ2v) is 3.99. The molecule has 0 amide bonds. The summed E-state index contributed by atoms with van der Waals surface area (Å²) in [6, 6.07) is 5.94. The van der Waals surface area contributed by atoms with Crippen LogP contribution < -0.4 is 4.74 Å². The monoisotopic (exact) mass is 201 g/mol. The highest BCUT2D eigenvalue weighted by Crippen LogP contribution is 2.35. The molecule has 1 atom stereocenters. The van der Waals surface area contributed by atoms with Gasteiger partial charge >= 0.3 is 0 Å². The van der Waals surface area contributed by atoms with E-state index in [9.17, 15) is 4.79 Å². The zero-order valence-electron chi connectivity index (χ0n) is 8.41. The summed E-state index contributed by atoms with van der Waals surface area (Å²) in [7, 11) is 0. The fraction of sp³-hybridized carbons (Fsp3) is 0.250.